The third-order valence-corrected chi connectivity index (χ3v) is 2.87. The molecule has 20 heavy (non-hydrogen) atoms. The molecule has 2 aromatic rings. The normalized spacial score (nSPS) is 10.1. The van der Waals surface area contributed by atoms with Gasteiger partial charge in [-0.1, -0.05) is 42.0 Å². The van der Waals surface area contributed by atoms with Crippen LogP contribution in [0.2, 0.25) is 0 Å². The number of ether oxygens (including phenoxy) is 1. The van der Waals surface area contributed by atoms with Gasteiger partial charge in [0.25, 0.3) is 0 Å². The van der Waals surface area contributed by atoms with Gasteiger partial charge in [-0.05, 0) is 26.0 Å². The van der Waals surface area contributed by atoms with Crippen molar-refractivity contribution in [3.63, 3.8) is 0 Å². The number of benzene rings is 2. The van der Waals surface area contributed by atoms with Crippen LogP contribution < -0.4 is 0 Å². The minimum Gasteiger partial charge on any atom is -0.462 e. The van der Waals surface area contributed by atoms with E-state index in [0.29, 0.717) is 17.7 Å². The van der Waals surface area contributed by atoms with Crippen LogP contribution in [0.1, 0.15) is 38.8 Å². The van der Waals surface area contributed by atoms with E-state index in [1.165, 1.54) is 6.07 Å². The molecule has 101 valence electrons. The minimum atomic E-state index is -0.467. The molecule has 0 fully saturated rings. The van der Waals surface area contributed by atoms with Crippen molar-refractivity contribution in [2.45, 2.75) is 13.8 Å². The Morgan fingerprint density at radius 2 is 1.80 bits per heavy atom. The summed E-state index contributed by atoms with van der Waals surface area (Å²) < 4.78 is 4.90. The molecular formula is C17H15O3. The van der Waals surface area contributed by atoms with Crippen molar-refractivity contribution in [2.75, 3.05) is 6.61 Å². The highest BCUT2D eigenvalue weighted by Crippen LogP contribution is 2.13. The van der Waals surface area contributed by atoms with E-state index in [1.54, 1.807) is 31.2 Å². The molecule has 0 atom stereocenters. The molecule has 0 aliphatic rings. The molecule has 2 aromatic carbocycles. The Morgan fingerprint density at radius 1 is 1.10 bits per heavy atom. The smallest absolute Gasteiger partial charge is 0.338 e. The number of rotatable bonds is 4. The summed E-state index contributed by atoms with van der Waals surface area (Å²) in [5, 5.41) is 0. The number of hydrogen-bond donors (Lipinski definition) is 0. The molecule has 0 heterocycles. The van der Waals surface area contributed by atoms with Crippen LogP contribution in [-0.2, 0) is 4.74 Å². The molecule has 1 radical (unpaired) electrons. The van der Waals surface area contributed by atoms with E-state index in [0.717, 1.165) is 5.56 Å². The first kappa shape index (κ1) is 14.0. The number of hydrogen-bond acceptors (Lipinski definition) is 3. The number of carbonyl (C=O) groups excluding carboxylic acids is 2. The third kappa shape index (κ3) is 3.12. The van der Waals surface area contributed by atoms with Gasteiger partial charge in [0.1, 0.15) is 0 Å². The van der Waals surface area contributed by atoms with Crippen LogP contribution in [0, 0.1) is 13.0 Å². The Labute approximate surface area is 118 Å². The highest BCUT2D eigenvalue weighted by Gasteiger charge is 2.12. The molecule has 0 N–H and O–H groups in total. The summed E-state index contributed by atoms with van der Waals surface area (Å²) in [6, 6.07) is 14.8. The molecule has 0 saturated carbocycles. The maximum absolute atomic E-state index is 12.3. The summed E-state index contributed by atoms with van der Waals surface area (Å²) in [6.45, 7) is 3.99. The highest BCUT2D eigenvalue weighted by atomic mass is 16.5. The standard InChI is InChI=1S/C17H15O3/c1-3-20-17(19)15-6-4-5-14(11-15)16(18)13-9-7-12(2)8-10-13/h4-5,7-11H,3H2,1-2H3. The minimum absolute atomic E-state index is 0.121. The van der Waals surface area contributed by atoms with Gasteiger partial charge < -0.3 is 4.74 Å². The van der Waals surface area contributed by atoms with Crippen LogP contribution in [0.15, 0.2) is 42.5 Å². The lowest BCUT2D eigenvalue weighted by Gasteiger charge is -2.05. The Hall–Kier alpha value is -2.42. The molecule has 0 aromatic heterocycles. The monoisotopic (exact) mass is 267 g/mol. The number of esters is 1. The fourth-order valence-corrected chi connectivity index (χ4v) is 1.81. The van der Waals surface area contributed by atoms with Crippen molar-refractivity contribution in [1.29, 1.82) is 0 Å². The van der Waals surface area contributed by atoms with Gasteiger partial charge in [0.15, 0.2) is 5.78 Å². The summed E-state index contributed by atoms with van der Waals surface area (Å²) in [4.78, 5) is 24.0. The topological polar surface area (TPSA) is 43.4 Å². The predicted molar refractivity (Wildman–Crippen MR) is 75.8 cm³/mol. The number of carbonyl (C=O) groups is 2. The van der Waals surface area contributed by atoms with Crippen molar-refractivity contribution in [3.8, 4) is 0 Å². The average molecular weight is 267 g/mol. The van der Waals surface area contributed by atoms with Crippen LogP contribution in [0.25, 0.3) is 0 Å². The predicted octanol–water partition coefficient (Wildman–Crippen LogP) is 3.20. The van der Waals surface area contributed by atoms with Gasteiger partial charge in [-0.25, -0.2) is 4.79 Å². The largest absolute Gasteiger partial charge is 0.462 e. The van der Waals surface area contributed by atoms with Gasteiger partial charge in [0.2, 0.25) is 0 Å². The SMILES string of the molecule is CCOC(=O)c1[c]ccc(C(=O)c2ccc(C)cc2)c1. The second kappa shape index (κ2) is 6.15. The zero-order valence-corrected chi connectivity index (χ0v) is 11.5. The van der Waals surface area contributed by atoms with Gasteiger partial charge >= 0.3 is 5.97 Å². The van der Waals surface area contributed by atoms with Gasteiger partial charge in [-0.2, -0.15) is 0 Å². The molecule has 2 rings (SSSR count). The molecule has 0 aliphatic carbocycles. The average Bonchev–Trinajstić information content (AvgIpc) is 2.48. The summed E-state index contributed by atoms with van der Waals surface area (Å²) in [7, 11) is 0. The van der Waals surface area contributed by atoms with Gasteiger partial charge in [-0.3, -0.25) is 4.79 Å². The van der Waals surface area contributed by atoms with Gasteiger partial charge in [-0.15, -0.1) is 0 Å². The van der Waals surface area contributed by atoms with E-state index in [2.05, 4.69) is 6.07 Å². The first-order chi connectivity index (χ1) is 9.61. The lowest BCUT2D eigenvalue weighted by Crippen LogP contribution is -2.07. The molecule has 0 amide bonds. The van der Waals surface area contributed by atoms with E-state index in [-0.39, 0.29) is 11.3 Å². The first-order valence-corrected chi connectivity index (χ1v) is 6.42. The maximum Gasteiger partial charge on any atom is 0.338 e. The molecule has 0 aliphatic heterocycles. The van der Waals surface area contributed by atoms with E-state index >= 15 is 0 Å². The van der Waals surface area contributed by atoms with Gasteiger partial charge in [0.05, 0.1) is 12.2 Å². The zero-order chi connectivity index (χ0) is 14.5. The Morgan fingerprint density at radius 3 is 2.45 bits per heavy atom. The first-order valence-electron chi connectivity index (χ1n) is 6.42. The Kier molecular flexibility index (Phi) is 4.31. The second-order valence-electron chi connectivity index (χ2n) is 4.41. The quantitative estimate of drug-likeness (QED) is 0.631. The van der Waals surface area contributed by atoms with Gasteiger partial charge in [0, 0.05) is 11.1 Å². The van der Waals surface area contributed by atoms with Crippen LogP contribution in [0.3, 0.4) is 0 Å². The molecule has 3 heteroatoms. The summed E-state index contributed by atoms with van der Waals surface area (Å²) >= 11 is 0. The number of ketones is 1. The van der Waals surface area contributed by atoms with Crippen LogP contribution in [0.4, 0.5) is 0 Å². The maximum atomic E-state index is 12.3. The Balaban J connectivity index is 2.28. The van der Waals surface area contributed by atoms with Crippen LogP contribution >= 0.6 is 0 Å². The van der Waals surface area contributed by atoms with Crippen LogP contribution in [0.5, 0.6) is 0 Å². The van der Waals surface area contributed by atoms with E-state index in [4.69, 9.17) is 4.74 Å². The van der Waals surface area contributed by atoms with E-state index < -0.39 is 5.97 Å². The summed E-state index contributed by atoms with van der Waals surface area (Å²) in [5.74, 6) is -0.587. The third-order valence-electron chi connectivity index (χ3n) is 2.87. The van der Waals surface area contributed by atoms with E-state index in [1.807, 2.05) is 19.1 Å². The highest BCUT2D eigenvalue weighted by molar-refractivity contribution is 6.09. The molecule has 0 spiro atoms. The van der Waals surface area contributed by atoms with Crippen LogP contribution in [-0.4, -0.2) is 18.4 Å². The Bertz CT molecular complexity index is 627. The number of aryl methyl sites for hydroxylation is 1. The molecule has 0 bridgehead atoms. The fraction of sp³-hybridized carbons (Fsp3) is 0.176. The fourth-order valence-electron chi connectivity index (χ4n) is 1.81. The lowest BCUT2D eigenvalue weighted by molar-refractivity contribution is 0.0526. The molecule has 0 unspecified atom stereocenters. The van der Waals surface area contributed by atoms with Crippen molar-refractivity contribution in [1.82, 2.24) is 0 Å². The molecule has 0 saturated heterocycles. The van der Waals surface area contributed by atoms with E-state index in [9.17, 15) is 9.59 Å². The molecule has 3 nitrogen and oxygen atoms in total. The van der Waals surface area contributed by atoms with Crippen molar-refractivity contribution < 1.29 is 14.3 Å². The summed E-state index contributed by atoms with van der Waals surface area (Å²) in [6.07, 6.45) is 0. The van der Waals surface area contributed by atoms with Crippen molar-refractivity contribution in [3.05, 3.63) is 70.8 Å². The zero-order valence-electron chi connectivity index (χ0n) is 11.5. The van der Waals surface area contributed by atoms with Crippen molar-refractivity contribution >= 4 is 11.8 Å². The summed E-state index contributed by atoms with van der Waals surface area (Å²) in [5.41, 5.74) is 2.41. The lowest BCUT2D eigenvalue weighted by atomic mass is 10.0. The molecular weight excluding hydrogens is 252 g/mol. The van der Waals surface area contributed by atoms with Crippen molar-refractivity contribution in [2.24, 2.45) is 0 Å². The second-order valence-corrected chi connectivity index (χ2v) is 4.41.